The summed E-state index contributed by atoms with van der Waals surface area (Å²) < 4.78 is 0. The molecule has 1 fully saturated rings. The van der Waals surface area contributed by atoms with Crippen LogP contribution in [0.5, 0.6) is 0 Å². The van der Waals surface area contributed by atoms with Gasteiger partial charge in [-0.15, -0.1) is 0 Å². The monoisotopic (exact) mass is 193 g/mol. The summed E-state index contributed by atoms with van der Waals surface area (Å²) >= 11 is 0. The molecule has 0 saturated heterocycles. The topological polar surface area (TPSA) is 58.0 Å². The lowest BCUT2D eigenvalue weighted by Gasteiger charge is -2.32. The number of aryl methyl sites for hydroxylation is 1. The van der Waals surface area contributed by atoms with Gasteiger partial charge in [0.2, 0.25) is 0 Å². The molecule has 2 rings (SSSR count). The van der Waals surface area contributed by atoms with Gasteiger partial charge >= 0.3 is 0 Å². The molecule has 76 valence electrons. The van der Waals surface area contributed by atoms with E-state index in [2.05, 4.69) is 15.3 Å². The summed E-state index contributed by atoms with van der Waals surface area (Å²) in [6.07, 6.45) is 5.18. The number of aliphatic hydroxyl groups is 1. The van der Waals surface area contributed by atoms with Crippen LogP contribution < -0.4 is 5.32 Å². The Morgan fingerprint density at radius 3 is 2.79 bits per heavy atom. The first-order valence-electron chi connectivity index (χ1n) is 4.93. The molecule has 14 heavy (non-hydrogen) atoms. The van der Waals surface area contributed by atoms with Gasteiger partial charge in [0, 0.05) is 25.0 Å². The minimum Gasteiger partial charge on any atom is -0.393 e. The van der Waals surface area contributed by atoms with Gasteiger partial charge in [-0.2, -0.15) is 0 Å². The van der Waals surface area contributed by atoms with Crippen LogP contribution in [-0.2, 0) is 6.54 Å². The lowest BCUT2D eigenvalue weighted by molar-refractivity contribution is 0.0618. The molecule has 4 heteroatoms. The second-order valence-electron chi connectivity index (χ2n) is 3.85. The van der Waals surface area contributed by atoms with E-state index >= 15 is 0 Å². The molecule has 1 aliphatic carbocycles. The van der Waals surface area contributed by atoms with Crippen molar-refractivity contribution in [1.29, 1.82) is 0 Å². The Morgan fingerprint density at radius 1 is 1.43 bits per heavy atom. The van der Waals surface area contributed by atoms with Gasteiger partial charge in [-0.25, -0.2) is 0 Å². The number of hydrogen-bond donors (Lipinski definition) is 2. The zero-order valence-electron chi connectivity index (χ0n) is 8.27. The lowest BCUT2D eigenvalue weighted by atomic mass is 9.89. The van der Waals surface area contributed by atoms with Crippen molar-refractivity contribution in [1.82, 2.24) is 15.3 Å². The van der Waals surface area contributed by atoms with Crippen molar-refractivity contribution in [2.24, 2.45) is 0 Å². The highest BCUT2D eigenvalue weighted by Crippen LogP contribution is 2.19. The highest BCUT2D eigenvalue weighted by atomic mass is 16.3. The van der Waals surface area contributed by atoms with Crippen molar-refractivity contribution in [2.75, 3.05) is 0 Å². The minimum atomic E-state index is -0.100. The molecule has 2 N–H and O–H groups in total. The fourth-order valence-corrected chi connectivity index (χ4v) is 1.51. The van der Waals surface area contributed by atoms with Crippen LogP contribution in [0.25, 0.3) is 0 Å². The molecular formula is C10H15N3O. The van der Waals surface area contributed by atoms with Crippen LogP contribution in [0.15, 0.2) is 12.4 Å². The largest absolute Gasteiger partial charge is 0.393 e. The fraction of sp³-hybridized carbons (Fsp3) is 0.600. The van der Waals surface area contributed by atoms with E-state index in [9.17, 15) is 0 Å². The van der Waals surface area contributed by atoms with E-state index in [4.69, 9.17) is 5.11 Å². The van der Waals surface area contributed by atoms with Crippen LogP contribution in [0.3, 0.4) is 0 Å². The van der Waals surface area contributed by atoms with Crippen LogP contribution in [0, 0.1) is 6.92 Å². The van der Waals surface area contributed by atoms with E-state index in [0.717, 1.165) is 30.8 Å². The first-order valence-corrected chi connectivity index (χ1v) is 4.93. The number of hydrogen-bond acceptors (Lipinski definition) is 4. The summed E-state index contributed by atoms with van der Waals surface area (Å²) in [5.74, 6) is 0. The van der Waals surface area contributed by atoms with Crippen LogP contribution in [0.2, 0.25) is 0 Å². The van der Waals surface area contributed by atoms with Gasteiger partial charge in [-0.3, -0.25) is 9.97 Å². The molecule has 0 aliphatic heterocycles. The van der Waals surface area contributed by atoms with Crippen LogP contribution in [-0.4, -0.2) is 27.2 Å². The number of aromatic nitrogens is 2. The Bertz CT molecular complexity index is 293. The SMILES string of the molecule is Cc1cnc(CNC2CC(O)C2)cn1. The third-order valence-corrected chi connectivity index (χ3v) is 2.52. The average molecular weight is 193 g/mol. The highest BCUT2D eigenvalue weighted by Gasteiger charge is 2.26. The molecule has 0 amide bonds. The number of rotatable bonds is 3. The summed E-state index contributed by atoms with van der Waals surface area (Å²) in [7, 11) is 0. The fourth-order valence-electron chi connectivity index (χ4n) is 1.51. The molecule has 1 heterocycles. The average Bonchev–Trinajstić information content (AvgIpc) is 2.13. The Kier molecular flexibility index (Phi) is 2.74. The highest BCUT2D eigenvalue weighted by molar-refractivity contribution is 5.01. The Labute approximate surface area is 83.4 Å². The molecule has 4 nitrogen and oxygen atoms in total. The second-order valence-corrected chi connectivity index (χ2v) is 3.85. The molecule has 0 radical (unpaired) electrons. The summed E-state index contributed by atoms with van der Waals surface area (Å²) in [5.41, 5.74) is 1.89. The van der Waals surface area contributed by atoms with Crippen molar-refractivity contribution in [2.45, 2.75) is 38.5 Å². The first-order chi connectivity index (χ1) is 6.74. The summed E-state index contributed by atoms with van der Waals surface area (Å²) in [6.45, 7) is 2.66. The molecule has 1 aliphatic rings. The minimum absolute atomic E-state index is 0.100. The molecule has 0 unspecified atom stereocenters. The molecule has 1 aromatic heterocycles. The van der Waals surface area contributed by atoms with Gasteiger partial charge in [-0.1, -0.05) is 0 Å². The zero-order chi connectivity index (χ0) is 9.97. The predicted molar refractivity (Wildman–Crippen MR) is 52.6 cm³/mol. The van der Waals surface area contributed by atoms with E-state index in [-0.39, 0.29) is 6.10 Å². The van der Waals surface area contributed by atoms with Gasteiger partial charge in [-0.05, 0) is 19.8 Å². The molecule has 0 bridgehead atoms. The van der Waals surface area contributed by atoms with Gasteiger partial charge in [0.1, 0.15) is 0 Å². The molecule has 0 aromatic carbocycles. The summed E-state index contributed by atoms with van der Waals surface area (Å²) in [5, 5.41) is 12.4. The lowest BCUT2D eigenvalue weighted by Crippen LogP contribution is -2.43. The zero-order valence-corrected chi connectivity index (χ0v) is 8.27. The van der Waals surface area contributed by atoms with E-state index in [0.29, 0.717) is 6.04 Å². The maximum Gasteiger partial charge on any atom is 0.0724 e. The van der Waals surface area contributed by atoms with Gasteiger partial charge in [0.25, 0.3) is 0 Å². The van der Waals surface area contributed by atoms with Gasteiger partial charge in [0.15, 0.2) is 0 Å². The van der Waals surface area contributed by atoms with E-state index in [1.54, 1.807) is 12.4 Å². The van der Waals surface area contributed by atoms with Crippen molar-refractivity contribution in [3.05, 3.63) is 23.8 Å². The molecular weight excluding hydrogens is 178 g/mol. The Hall–Kier alpha value is -1.00. The van der Waals surface area contributed by atoms with Crippen LogP contribution >= 0.6 is 0 Å². The quantitative estimate of drug-likeness (QED) is 0.729. The first kappa shape index (κ1) is 9.55. The smallest absolute Gasteiger partial charge is 0.0724 e. The van der Waals surface area contributed by atoms with Crippen molar-refractivity contribution >= 4 is 0 Å². The maximum absolute atomic E-state index is 9.08. The Morgan fingerprint density at radius 2 is 2.21 bits per heavy atom. The van der Waals surface area contributed by atoms with E-state index in [1.807, 2.05) is 6.92 Å². The predicted octanol–water partition coefficient (Wildman–Crippen LogP) is 0.398. The summed E-state index contributed by atoms with van der Waals surface area (Å²) in [4.78, 5) is 8.40. The summed E-state index contributed by atoms with van der Waals surface area (Å²) in [6, 6.07) is 0.452. The second kappa shape index (κ2) is 4.02. The van der Waals surface area contributed by atoms with Crippen LogP contribution in [0.4, 0.5) is 0 Å². The van der Waals surface area contributed by atoms with Crippen molar-refractivity contribution in [3.63, 3.8) is 0 Å². The normalized spacial score (nSPS) is 25.9. The van der Waals surface area contributed by atoms with Gasteiger partial charge < -0.3 is 10.4 Å². The third-order valence-electron chi connectivity index (χ3n) is 2.52. The molecule has 0 spiro atoms. The van der Waals surface area contributed by atoms with Crippen LogP contribution in [0.1, 0.15) is 24.2 Å². The third kappa shape index (κ3) is 2.27. The molecule has 1 saturated carbocycles. The van der Waals surface area contributed by atoms with E-state index < -0.39 is 0 Å². The maximum atomic E-state index is 9.08. The van der Waals surface area contributed by atoms with E-state index in [1.165, 1.54) is 0 Å². The standard InChI is InChI=1S/C10H15N3O/c1-7-4-12-9(5-11-7)6-13-8-2-10(14)3-8/h4-5,8,10,13-14H,2-3,6H2,1H3. The number of aliphatic hydroxyl groups excluding tert-OH is 1. The van der Waals surface area contributed by atoms with Crippen molar-refractivity contribution in [3.8, 4) is 0 Å². The van der Waals surface area contributed by atoms with Crippen molar-refractivity contribution < 1.29 is 5.11 Å². The molecule has 0 atom stereocenters. The van der Waals surface area contributed by atoms with Gasteiger partial charge in [0.05, 0.1) is 17.5 Å². The molecule has 1 aromatic rings. The number of nitrogens with zero attached hydrogens (tertiary/aromatic N) is 2. The number of nitrogens with one attached hydrogen (secondary N) is 1. The Balaban J connectivity index is 1.78.